The molecule has 1 aliphatic carbocycles. The summed E-state index contributed by atoms with van der Waals surface area (Å²) in [6, 6.07) is 49.9. The second kappa shape index (κ2) is 18.9. The first kappa shape index (κ1) is 34.4. The van der Waals surface area contributed by atoms with Crippen LogP contribution < -0.4 is 4.74 Å². The van der Waals surface area contributed by atoms with E-state index in [2.05, 4.69) is 188 Å². The number of benzene rings is 5. The molecule has 0 N–H and O–H groups in total. The zero-order valence-corrected chi connectivity index (χ0v) is 28.8. The second-order valence-corrected chi connectivity index (χ2v) is 12.0. The molecule has 51 heavy (non-hydrogen) atoms. The van der Waals surface area contributed by atoms with Crippen LogP contribution in [0.25, 0.3) is 22.3 Å². The van der Waals surface area contributed by atoms with Crippen molar-refractivity contribution in [1.29, 1.82) is 0 Å². The van der Waals surface area contributed by atoms with E-state index in [1.807, 2.05) is 42.5 Å². The Balaban J connectivity index is 1.35. The van der Waals surface area contributed by atoms with Crippen LogP contribution in [0.4, 0.5) is 0 Å². The topological polar surface area (TPSA) is 9.23 Å². The highest BCUT2D eigenvalue weighted by Gasteiger charge is 2.03. The van der Waals surface area contributed by atoms with Crippen molar-refractivity contribution >= 4 is 22.3 Å². The Labute approximate surface area is 303 Å². The molecular weight excluding hydrogens is 617 g/mol. The third-order valence-corrected chi connectivity index (χ3v) is 8.43. The molecule has 5 aromatic rings. The third kappa shape index (κ3) is 10.8. The maximum absolute atomic E-state index is 6.06. The SMILES string of the molecule is C1=C\C=C(/c2ccccc2)C\C=C/C=C(c2ccc(Oc3ccccc3)cc2)/C=C/C=C/C(c2ccccc2)=C/C=C\C/C(c2ccccc2)=C/1. The minimum atomic E-state index is 0.800. The Morgan fingerprint density at radius 3 is 1.18 bits per heavy atom. The lowest BCUT2D eigenvalue weighted by atomic mass is 10.00. The van der Waals surface area contributed by atoms with E-state index in [-0.39, 0.29) is 0 Å². The molecule has 0 saturated carbocycles. The summed E-state index contributed by atoms with van der Waals surface area (Å²) in [6.45, 7) is 0. The van der Waals surface area contributed by atoms with Crippen molar-refractivity contribution in [2.45, 2.75) is 12.8 Å². The fourth-order valence-electron chi connectivity index (χ4n) is 5.73. The van der Waals surface area contributed by atoms with Gasteiger partial charge in [-0.3, -0.25) is 0 Å². The number of hydrogen-bond acceptors (Lipinski definition) is 1. The van der Waals surface area contributed by atoms with Crippen LogP contribution in [0.15, 0.2) is 231 Å². The lowest BCUT2D eigenvalue weighted by molar-refractivity contribution is 0.482. The van der Waals surface area contributed by atoms with Gasteiger partial charge in [-0.05, 0) is 81.7 Å². The fraction of sp³-hybridized carbons (Fsp3) is 0.0400. The Morgan fingerprint density at radius 2 is 0.706 bits per heavy atom. The van der Waals surface area contributed by atoms with Crippen LogP contribution in [0.2, 0.25) is 0 Å². The van der Waals surface area contributed by atoms with Gasteiger partial charge < -0.3 is 4.74 Å². The molecule has 6 rings (SSSR count). The summed E-state index contributed by atoms with van der Waals surface area (Å²) in [7, 11) is 0. The smallest absolute Gasteiger partial charge is 0.127 e. The lowest BCUT2D eigenvalue weighted by Crippen LogP contribution is -1.86. The van der Waals surface area contributed by atoms with Crippen molar-refractivity contribution in [2.24, 2.45) is 0 Å². The molecule has 1 heteroatoms. The first-order valence-electron chi connectivity index (χ1n) is 17.5. The molecule has 0 atom stereocenters. The summed E-state index contributed by atoms with van der Waals surface area (Å²) in [6.07, 6.45) is 32.1. The molecular formula is C50H42O. The van der Waals surface area contributed by atoms with Crippen LogP contribution in [-0.2, 0) is 0 Å². The van der Waals surface area contributed by atoms with Crippen LogP contribution >= 0.6 is 0 Å². The highest BCUT2D eigenvalue weighted by atomic mass is 16.5. The highest BCUT2D eigenvalue weighted by molar-refractivity contribution is 5.78. The van der Waals surface area contributed by atoms with Gasteiger partial charge in [0.25, 0.3) is 0 Å². The van der Waals surface area contributed by atoms with Gasteiger partial charge in [-0.15, -0.1) is 0 Å². The molecule has 5 aromatic carbocycles. The highest BCUT2D eigenvalue weighted by Crippen LogP contribution is 2.26. The quantitative estimate of drug-likeness (QED) is 0.176. The summed E-state index contributed by atoms with van der Waals surface area (Å²) in [4.78, 5) is 0. The van der Waals surface area contributed by atoms with Gasteiger partial charge in [-0.2, -0.15) is 0 Å². The predicted octanol–water partition coefficient (Wildman–Crippen LogP) is 13.7. The average Bonchev–Trinajstić information content (AvgIpc) is 3.19. The fourth-order valence-corrected chi connectivity index (χ4v) is 5.73. The molecule has 0 bridgehead atoms. The van der Waals surface area contributed by atoms with Crippen molar-refractivity contribution in [3.8, 4) is 11.5 Å². The van der Waals surface area contributed by atoms with Crippen molar-refractivity contribution < 1.29 is 4.74 Å². The van der Waals surface area contributed by atoms with E-state index in [1.54, 1.807) is 0 Å². The predicted molar refractivity (Wildman–Crippen MR) is 219 cm³/mol. The minimum Gasteiger partial charge on any atom is -0.457 e. The maximum Gasteiger partial charge on any atom is 0.127 e. The van der Waals surface area contributed by atoms with E-state index >= 15 is 0 Å². The third-order valence-electron chi connectivity index (χ3n) is 8.43. The molecule has 0 saturated heterocycles. The molecule has 1 nitrogen and oxygen atoms in total. The summed E-state index contributed by atoms with van der Waals surface area (Å²) < 4.78 is 6.06. The number of rotatable bonds is 6. The van der Waals surface area contributed by atoms with Crippen molar-refractivity contribution in [3.63, 3.8) is 0 Å². The first-order valence-corrected chi connectivity index (χ1v) is 17.5. The van der Waals surface area contributed by atoms with Gasteiger partial charge in [0.2, 0.25) is 0 Å². The Morgan fingerprint density at radius 1 is 0.314 bits per heavy atom. The zero-order chi connectivity index (χ0) is 34.8. The minimum absolute atomic E-state index is 0.800. The van der Waals surface area contributed by atoms with Gasteiger partial charge in [0.05, 0.1) is 0 Å². The van der Waals surface area contributed by atoms with E-state index in [1.165, 1.54) is 27.8 Å². The summed E-state index contributed by atoms with van der Waals surface area (Å²) >= 11 is 0. The van der Waals surface area contributed by atoms with Crippen LogP contribution in [0.5, 0.6) is 11.5 Å². The van der Waals surface area contributed by atoms with E-state index in [4.69, 9.17) is 4.74 Å². The Kier molecular flexibility index (Phi) is 12.8. The van der Waals surface area contributed by atoms with Crippen LogP contribution in [0.3, 0.4) is 0 Å². The average molecular weight is 659 g/mol. The zero-order valence-electron chi connectivity index (χ0n) is 28.8. The number of hydrogen-bond donors (Lipinski definition) is 0. The molecule has 0 heterocycles. The molecule has 0 aliphatic heterocycles. The van der Waals surface area contributed by atoms with Crippen LogP contribution in [-0.4, -0.2) is 0 Å². The van der Waals surface area contributed by atoms with Crippen LogP contribution in [0, 0.1) is 0 Å². The summed E-state index contributed by atoms with van der Waals surface area (Å²) in [5.41, 5.74) is 9.48. The van der Waals surface area contributed by atoms with E-state index < -0.39 is 0 Å². The molecule has 0 aromatic heterocycles. The molecule has 1 aliphatic rings. The molecule has 0 radical (unpaired) electrons. The van der Waals surface area contributed by atoms with Crippen molar-refractivity contribution in [1.82, 2.24) is 0 Å². The van der Waals surface area contributed by atoms with Gasteiger partial charge in [-0.1, -0.05) is 206 Å². The number of ether oxygens (including phenoxy) is 1. The summed E-state index contributed by atoms with van der Waals surface area (Å²) in [5.74, 6) is 1.63. The van der Waals surface area contributed by atoms with E-state index in [9.17, 15) is 0 Å². The monoisotopic (exact) mass is 658 g/mol. The van der Waals surface area contributed by atoms with Crippen molar-refractivity contribution in [3.05, 3.63) is 253 Å². The first-order chi connectivity index (χ1) is 25.3. The molecule has 0 spiro atoms. The Hall–Kier alpha value is -6.44. The van der Waals surface area contributed by atoms with Gasteiger partial charge >= 0.3 is 0 Å². The lowest BCUT2D eigenvalue weighted by Gasteiger charge is -2.07. The molecule has 248 valence electrons. The number of para-hydroxylation sites is 1. The second-order valence-electron chi connectivity index (χ2n) is 12.0. The normalized spacial score (nSPS) is 21.4. The maximum atomic E-state index is 6.06. The molecule has 0 fully saturated rings. The standard InChI is InChI=1S/C50H42O/c1-5-21-41(22-6-1)44-27-13-15-29-45(42-23-7-2-8-24-42)31-17-19-33-47(48-37-39-50(40-38-48)51-49-35-11-4-12-36-49)34-20-18-32-46(30-16-14-28-44)43-25-9-3-10-26-43/h1-27,29-30,32-40H,28,31H2/b15-13-,16-14-,19-17-,32-18+,34-20+,44-27-,45-29-,46-30-,47-33-. The van der Waals surface area contributed by atoms with Gasteiger partial charge in [-0.25, -0.2) is 0 Å². The van der Waals surface area contributed by atoms with Gasteiger partial charge in [0.15, 0.2) is 0 Å². The van der Waals surface area contributed by atoms with E-state index in [0.717, 1.165) is 41.1 Å². The summed E-state index contributed by atoms with van der Waals surface area (Å²) in [5, 5.41) is 0. The van der Waals surface area contributed by atoms with Gasteiger partial charge in [0.1, 0.15) is 11.5 Å². The van der Waals surface area contributed by atoms with Crippen LogP contribution in [0.1, 0.15) is 35.1 Å². The molecule has 0 amide bonds. The van der Waals surface area contributed by atoms with Crippen molar-refractivity contribution in [2.75, 3.05) is 0 Å². The Bertz CT molecular complexity index is 2100. The van der Waals surface area contributed by atoms with E-state index in [0.29, 0.717) is 0 Å². The number of allylic oxidation sites excluding steroid dienone is 18. The van der Waals surface area contributed by atoms with Gasteiger partial charge in [0, 0.05) is 0 Å². The largest absolute Gasteiger partial charge is 0.457 e. The molecule has 0 unspecified atom stereocenters.